The van der Waals surface area contributed by atoms with Crippen LogP contribution in [0.3, 0.4) is 0 Å². The summed E-state index contributed by atoms with van der Waals surface area (Å²) in [7, 11) is -3.98. The van der Waals surface area contributed by atoms with Gasteiger partial charge in [-0.05, 0) is 18.2 Å². The summed E-state index contributed by atoms with van der Waals surface area (Å²) in [5, 5.41) is 9.40. The van der Waals surface area contributed by atoms with E-state index in [4.69, 9.17) is 16.7 Å². The fourth-order valence-electron chi connectivity index (χ4n) is 1.69. The monoisotopic (exact) mass is 329 g/mol. The number of sulfonamides is 1. The number of nitrogens with zero attached hydrogens (tertiary/aromatic N) is 1. The Kier molecular flexibility index (Phi) is 4.61. The summed E-state index contributed by atoms with van der Waals surface area (Å²) >= 11 is 5.74. The van der Waals surface area contributed by atoms with Crippen molar-refractivity contribution in [1.82, 2.24) is 14.7 Å². The van der Waals surface area contributed by atoms with Gasteiger partial charge in [-0.1, -0.05) is 17.7 Å². The van der Waals surface area contributed by atoms with E-state index < -0.39 is 22.0 Å². The van der Waals surface area contributed by atoms with Crippen LogP contribution in [0.2, 0.25) is 5.02 Å². The minimum Gasteiger partial charge on any atom is -0.480 e. The number of nitrogens with one attached hydrogen (secondary N) is 2. The Morgan fingerprint density at radius 2 is 2.24 bits per heavy atom. The van der Waals surface area contributed by atoms with Crippen LogP contribution in [0.5, 0.6) is 0 Å². The lowest BCUT2D eigenvalue weighted by Gasteiger charge is -2.14. The molecule has 0 bridgehead atoms. The second kappa shape index (κ2) is 6.25. The van der Waals surface area contributed by atoms with Crippen molar-refractivity contribution in [2.75, 3.05) is 0 Å². The molecule has 0 saturated heterocycles. The lowest BCUT2D eigenvalue weighted by Crippen LogP contribution is -2.42. The normalized spacial score (nSPS) is 13.0. The molecule has 0 spiro atoms. The first-order chi connectivity index (χ1) is 9.88. The van der Waals surface area contributed by atoms with E-state index in [1.807, 2.05) is 0 Å². The Bertz CT molecular complexity index is 731. The molecule has 0 aliphatic carbocycles. The lowest BCUT2D eigenvalue weighted by atomic mass is 10.2. The molecule has 112 valence electrons. The molecule has 0 aliphatic rings. The van der Waals surface area contributed by atoms with Crippen molar-refractivity contribution in [3.8, 4) is 0 Å². The molecule has 0 saturated carbocycles. The van der Waals surface area contributed by atoms with Crippen LogP contribution < -0.4 is 4.72 Å². The summed E-state index contributed by atoms with van der Waals surface area (Å²) in [5.74, 6) is -1.28. The quantitative estimate of drug-likeness (QED) is 0.733. The highest BCUT2D eigenvalue weighted by atomic mass is 35.5. The van der Waals surface area contributed by atoms with Crippen LogP contribution in [-0.2, 0) is 21.2 Å². The number of rotatable bonds is 6. The number of benzene rings is 1. The summed E-state index contributed by atoms with van der Waals surface area (Å²) < 4.78 is 26.5. The number of aliphatic carboxylic acids is 1. The second-order valence-corrected chi connectivity index (χ2v) is 6.40. The summed E-state index contributed by atoms with van der Waals surface area (Å²) in [6.45, 7) is 0. The molecule has 1 aromatic heterocycles. The van der Waals surface area contributed by atoms with E-state index in [9.17, 15) is 13.2 Å². The Morgan fingerprint density at radius 1 is 1.48 bits per heavy atom. The van der Waals surface area contributed by atoms with Gasteiger partial charge in [0.25, 0.3) is 0 Å². The minimum atomic E-state index is -3.98. The van der Waals surface area contributed by atoms with Gasteiger partial charge in [0.05, 0.1) is 11.2 Å². The number of halogens is 1. The van der Waals surface area contributed by atoms with Crippen LogP contribution in [0.15, 0.2) is 41.7 Å². The van der Waals surface area contributed by atoms with Crippen LogP contribution in [0.4, 0.5) is 0 Å². The fourth-order valence-corrected chi connectivity index (χ4v) is 3.17. The van der Waals surface area contributed by atoms with Crippen molar-refractivity contribution in [3.63, 3.8) is 0 Å². The minimum absolute atomic E-state index is 0.0465. The summed E-state index contributed by atoms with van der Waals surface area (Å²) in [4.78, 5) is 17.6. The van der Waals surface area contributed by atoms with Gasteiger partial charge in [0.15, 0.2) is 0 Å². The first kappa shape index (κ1) is 15.5. The average Bonchev–Trinajstić information content (AvgIpc) is 2.90. The number of aromatic amines is 1. The molecular weight excluding hydrogens is 318 g/mol. The van der Waals surface area contributed by atoms with Crippen molar-refractivity contribution in [3.05, 3.63) is 47.5 Å². The van der Waals surface area contributed by atoms with E-state index in [1.54, 1.807) is 0 Å². The second-order valence-electron chi connectivity index (χ2n) is 4.25. The molecule has 2 rings (SSSR count). The molecule has 1 heterocycles. The largest absolute Gasteiger partial charge is 0.480 e. The highest BCUT2D eigenvalue weighted by Gasteiger charge is 2.26. The van der Waals surface area contributed by atoms with E-state index in [0.29, 0.717) is 5.69 Å². The number of aromatic nitrogens is 2. The summed E-state index contributed by atoms with van der Waals surface area (Å²) in [6, 6.07) is 4.28. The highest BCUT2D eigenvalue weighted by molar-refractivity contribution is 7.89. The zero-order valence-electron chi connectivity index (χ0n) is 10.7. The Hall–Kier alpha value is -1.90. The Balaban J connectivity index is 2.21. The molecule has 1 atom stereocenters. The molecule has 0 aliphatic heterocycles. The SMILES string of the molecule is O=C(O)C(Cc1cnc[nH]1)NS(=O)(=O)c1cccc(Cl)c1. The van der Waals surface area contributed by atoms with Crippen LogP contribution in [0.1, 0.15) is 5.69 Å². The molecule has 2 aromatic rings. The molecule has 21 heavy (non-hydrogen) atoms. The van der Waals surface area contributed by atoms with Crippen molar-refractivity contribution in [2.24, 2.45) is 0 Å². The first-order valence-electron chi connectivity index (χ1n) is 5.86. The Labute approximate surface area is 126 Å². The molecule has 0 fully saturated rings. The lowest BCUT2D eigenvalue weighted by molar-refractivity contribution is -0.138. The number of carboxylic acids is 1. The van der Waals surface area contributed by atoms with Gasteiger partial charge in [0.1, 0.15) is 6.04 Å². The van der Waals surface area contributed by atoms with Gasteiger partial charge in [0, 0.05) is 23.3 Å². The van der Waals surface area contributed by atoms with E-state index in [1.165, 1.54) is 36.8 Å². The van der Waals surface area contributed by atoms with Crippen molar-refractivity contribution >= 4 is 27.6 Å². The molecule has 0 radical (unpaired) electrons. The fraction of sp³-hybridized carbons (Fsp3) is 0.167. The maximum absolute atomic E-state index is 12.2. The van der Waals surface area contributed by atoms with Gasteiger partial charge in [-0.15, -0.1) is 0 Å². The van der Waals surface area contributed by atoms with Gasteiger partial charge in [-0.3, -0.25) is 4.79 Å². The number of imidazole rings is 1. The van der Waals surface area contributed by atoms with E-state index in [-0.39, 0.29) is 16.3 Å². The molecular formula is C12H12ClN3O4S. The van der Waals surface area contributed by atoms with Gasteiger partial charge in [-0.2, -0.15) is 4.72 Å². The molecule has 1 unspecified atom stereocenters. The zero-order valence-corrected chi connectivity index (χ0v) is 12.2. The van der Waals surface area contributed by atoms with Crippen LogP contribution in [-0.4, -0.2) is 35.5 Å². The number of hydrogen-bond acceptors (Lipinski definition) is 4. The van der Waals surface area contributed by atoms with Crippen LogP contribution >= 0.6 is 11.6 Å². The maximum Gasteiger partial charge on any atom is 0.322 e. The van der Waals surface area contributed by atoms with Gasteiger partial charge >= 0.3 is 5.97 Å². The van der Waals surface area contributed by atoms with Crippen molar-refractivity contribution in [2.45, 2.75) is 17.4 Å². The van der Waals surface area contributed by atoms with E-state index in [2.05, 4.69) is 14.7 Å². The van der Waals surface area contributed by atoms with Crippen molar-refractivity contribution < 1.29 is 18.3 Å². The van der Waals surface area contributed by atoms with Crippen LogP contribution in [0.25, 0.3) is 0 Å². The van der Waals surface area contributed by atoms with Crippen molar-refractivity contribution in [1.29, 1.82) is 0 Å². The maximum atomic E-state index is 12.2. The number of hydrogen-bond donors (Lipinski definition) is 3. The van der Waals surface area contributed by atoms with E-state index >= 15 is 0 Å². The predicted octanol–water partition coefficient (Wildman–Crippen LogP) is 1.04. The topological polar surface area (TPSA) is 112 Å². The first-order valence-corrected chi connectivity index (χ1v) is 7.72. The zero-order chi connectivity index (χ0) is 15.5. The third kappa shape index (κ3) is 4.03. The summed E-state index contributed by atoms with van der Waals surface area (Å²) in [6.07, 6.45) is 2.78. The number of carbonyl (C=O) groups is 1. The summed E-state index contributed by atoms with van der Waals surface area (Å²) in [5.41, 5.74) is 0.510. The molecule has 3 N–H and O–H groups in total. The Morgan fingerprint density at radius 3 is 2.81 bits per heavy atom. The highest BCUT2D eigenvalue weighted by Crippen LogP contribution is 2.16. The molecule has 0 amide bonds. The number of carboxylic acid groups (broad SMARTS) is 1. The third-order valence-corrected chi connectivity index (χ3v) is 4.39. The smallest absolute Gasteiger partial charge is 0.322 e. The molecule has 9 heteroatoms. The van der Waals surface area contributed by atoms with Gasteiger partial charge in [0.2, 0.25) is 10.0 Å². The number of H-pyrrole nitrogens is 1. The van der Waals surface area contributed by atoms with E-state index in [0.717, 1.165) is 0 Å². The third-order valence-electron chi connectivity index (χ3n) is 2.68. The van der Waals surface area contributed by atoms with Gasteiger partial charge < -0.3 is 10.1 Å². The van der Waals surface area contributed by atoms with Gasteiger partial charge in [-0.25, -0.2) is 13.4 Å². The average molecular weight is 330 g/mol. The molecule has 7 nitrogen and oxygen atoms in total. The standard InChI is InChI=1S/C12H12ClN3O4S/c13-8-2-1-3-10(4-8)21(19,20)16-11(12(17)18)5-9-6-14-7-15-9/h1-4,6-7,11,16H,5H2,(H,14,15)(H,17,18). The van der Waals surface area contributed by atoms with Crippen LogP contribution in [0, 0.1) is 0 Å². The predicted molar refractivity (Wildman–Crippen MR) is 75.5 cm³/mol. The molecule has 1 aromatic carbocycles.